The van der Waals surface area contributed by atoms with E-state index in [9.17, 15) is 0 Å². The molecule has 1 aliphatic carbocycles. The first-order valence-corrected chi connectivity index (χ1v) is 7.16. The van der Waals surface area contributed by atoms with Crippen LogP contribution in [0.15, 0.2) is 22.9 Å². The van der Waals surface area contributed by atoms with Gasteiger partial charge in [0.25, 0.3) is 0 Å². The molecule has 0 aromatic carbocycles. The molecule has 1 aliphatic rings. The zero-order chi connectivity index (χ0) is 12.1. The lowest BCUT2D eigenvalue weighted by Crippen LogP contribution is -2.37. The summed E-state index contributed by atoms with van der Waals surface area (Å²) in [5.41, 5.74) is 7.01. The molecule has 1 fully saturated rings. The van der Waals surface area contributed by atoms with Gasteiger partial charge in [-0.25, -0.2) is 0 Å². The number of nitrogens with two attached hydrogens (primary N) is 1. The van der Waals surface area contributed by atoms with Gasteiger partial charge in [0.15, 0.2) is 0 Å². The Bertz CT molecular complexity index is 350. The maximum absolute atomic E-state index is 5.91. The minimum Gasteiger partial charge on any atom is -0.380 e. The number of hydrogen-bond donors (Lipinski definition) is 2. The summed E-state index contributed by atoms with van der Waals surface area (Å²) in [4.78, 5) is 4.07. The Labute approximate surface area is 111 Å². The molecule has 0 aliphatic heterocycles. The molecule has 1 atom stereocenters. The van der Waals surface area contributed by atoms with Crippen molar-refractivity contribution in [2.45, 2.75) is 38.1 Å². The number of rotatable bonds is 4. The molecule has 1 aromatic rings. The fourth-order valence-electron chi connectivity index (χ4n) is 2.60. The van der Waals surface area contributed by atoms with Crippen LogP contribution in [0.1, 0.15) is 32.1 Å². The van der Waals surface area contributed by atoms with Crippen molar-refractivity contribution in [3.05, 3.63) is 22.9 Å². The minimum atomic E-state index is 0.383. The van der Waals surface area contributed by atoms with Crippen molar-refractivity contribution in [2.24, 2.45) is 11.7 Å². The third kappa shape index (κ3) is 3.42. The normalized spacial score (nSPS) is 18.9. The van der Waals surface area contributed by atoms with Gasteiger partial charge in [0.05, 0.1) is 10.2 Å². The second-order valence-corrected chi connectivity index (χ2v) is 5.59. The predicted octanol–water partition coefficient (Wildman–Crippen LogP) is 3.16. The van der Waals surface area contributed by atoms with Crippen molar-refractivity contribution in [3.8, 4) is 0 Å². The molecular formula is C13H20BrN3. The van der Waals surface area contributed by atoms with Crippen LogP contribution >= 0.6 is 15.9 Å². The van der Waals surface area contributed by atoms with Crippen LogP contribution in [-0.2, 0) is 0 Å². The van der Waals surface area contributed by atoms with E-state index >= 15 is 0 Å². The fourth-order valence-corrected chi connectivity index (χ4v) is 2.96. The summed E-state index contributed by atoms with van der Waals surface area (Å²) in [6.45, 7) is 0.694. The van der Waals surface area contributed by atoms with Crippen molar-refractivity contribution in [1.29, 1.82) is 0 Å². The van der Waals surface area contributed by atoms with Crippen molar-refractivity contribution < 1.29 is 0 Å². The summed E-state index contributed by atoms with van der Waals surface area (Å²) in [6.07, 6.45) is 10.3. The highest BCUT2D eigenvalue weighted by Gasteiger charge is 2.22. The van der Waals surface area contributed by atoms with Gasteiger partial charge in [-0.3, -0.25) is 4.98 Å². The number of anilines is 1. The van der Waals surface area contributed by atoms with Gasteiger partial charge in [0.2, 0.25) is 0 Å². The number of pyridine rings is 1. The summed E-state index contributed by atoms with van der Waals surface area (Å²) in [5.74, 6) is 0.716. The zero-order valence-electron chi connectivity index (χ0n) is 10.0. The molecular weight excluding hydrogens is 278 g/mol. The van der Waals surface area contributed by atoms with E-state index in [0.29, 0.717) is 18.5 Å². The molecule has 0 saturated heterocycles. The largest absolute Gasteiger partial charge is 0.380 e. The number of nitrogens with zero attached hydrogens (tertiary/aromatic N) is 1. The van der Waals surface area contributed by atoms with Crippen molar-refractivity contribution in [3.63, 3.8) is 0 Å². The van der Waals surface area contributed by atoms with Gasteiger partial charge in [-0.15, -0.1) is 0 Å². The lowest BCUT2D eigenvalue weighted by Gasteiger charge is -2.31. The first-order valence-electron chi connectivity index (χ1n) is 6.37. The molecule has 0 bridgehead atoms. The topological polar surface area (TPSA) is 50.9 Å². The maximum atomic E-state index is 5.91. The number of nitrogens with one attached hydrogen (secondary N) is 1. The smallest absolute Gasteiger partial charge is 0.0590 e. The van der Waals surface area contributed by atoms with Crippen molar-refractivity contribution in [1.82, 2.24) is 4.98 Å². The SMILES string of the molecule is NCC(Nc1ccncc1Br)C1CCCCC1. The van der Waals surface area contributed by atoms with Gasteiger partial charge < -0.3 is 11.1 Å². The molecule has 3 N–H and O–H groups in total. The predicted molar refractivity (Wildman–Crippen MR) is 75.0 cm³/mol. The van der Waals surface area contributed by atoms with E-state index < -0.39 is 0 Å². The molecule has 3 nitrogen and oxygen atoms in total. The number of halogens is 1. The summed E-state index contributed by atoms with van der Waals surface area (Å²) < 4.78 is 1.01. The van der Waals surface area contributed by atoms with E-state index in [1.54, 1.807) is 0 Å². The molecule has 1 heterocycles. The lowest BCUT2D eigenvalue weighted by molar-refractivity contribution is 0.320. The van der Waals surface area contributed by atoms with Crippen LogP contribution in [0.3, 0.4) is 0 Å². The maximum Gasteiger partial charge on any atom is 0.0590 e. The minimum absolute atomic E-state index is 0.383. The first-order chi connectivity index (χ1) is 8.31. The Kier molecular flexibility index (Phi) is 4.80. The van der Waals surface area contributed by atoms with Crippen LogP contribution in [0.2, 0.25) is 0 Å². The van der Waals surface area contributed by atoms with E-state index in [0.717, 1.165) is 10.2 Å². The molecule has 94 valence electrons. The van der Waals surface area contributed by atoms with Crippen LogP contribution in [0.5, 0.6) is 0 Å². The molecule has 1 saturated carbocycles. The average Bonchev–Trinajstić information content (AvgIpc) is 2.39. The van der Waals surface area contributed by atoms with Crippen LogP contribution in [0, 0.1) is 5.92 Å². The van der Waals surface area contributed by atoms with Crippen LogP contribution in [-0.4, -0.2) is 17.6 Å². The van der Waals surface area contributed by atoms with E-state index in [1.807, 2.05) is 18.5 Å². The van der Waals surface area contributed by atoms with Crippen molar-refractivity contribution in [2.75, 3.05) is 11.9 Å². The lowest BCUT2D eigenvalue weighted by atomic mass is 9.84. The Hall–Kier alpha value is -0.610. The van der Waals surface area contributed by atoms with Gasteiger partial charge >= 0.3 is 0 Å². The second-order valence-electron chi connectivity index (χ2n) is 4.74. The summed E-state index contributed by atoms with van der Waals surface area (Å²) in [7, 11) is 0. The Morgan fingerprint density at radius 3 is 2.82 bits per heavy atom. The van der Waals surface area contributed by atoms with Gasteiger partial charge in [-0.05, 0) is 40.8 Å². The molecule has 0 radical (unpaired) electrons. The quantitative estimate of drug-likeness (QED) is 0.897. The van der Waals surface area contributed by atoms with E-state index in [1.165, 1.54) is 32.1 Å². The third-order valence-electron chi connectivity index (χ3n) is 3.59. The second kappa shape index (κ2) is 6.36. The average molecular weight is 298 g/mol. The van der Waals surface area contributed by atoms with Crippen LogP contribution < -0.4 is 11.1 Å². The van der Waals surface area contributed by atoms with Gasteiger partial charge in [0, 0.05) is 25.0 Å². The molecule has 1 unspecified atom stereocenters. The fraction of sp³-hybridized carbons (Fsp3) is 0.615. The zero-order valence-corrected chi connectivity index (χ0v) is 11.6. The van der Waals surface area contributed by atoms with E-state index in [-0.39, 0.29) is 0 Å². The first kappa shape index (κ1) is 12.8. The van der Waals surface area contributed by atoms with Gasteiger partial charge in [-0.2, -0.15) is 0 Å². The summed E-state index contributed by atoms with van der Waals surface area (Å²) in [6, 6.07) is 2.38. The van der Waals surface area contributed by atoms with Crippen LogP contribution in [0.25, 0.3) is 0 Å². The van der Waals surface area contributed by atoms with E-state index in [2.05, 4.69) is 26.2 Å². The highest BCUT2D eigenvalue weighted by atomic mass is 79.9. The van der Waals surface area contributed by atoms with Gasteiger partial charge in [0.1, 0.15) is 0 Å². The highest BCUT2D eigenvalue weighted by molar-refractivity contribution is 9.10. The van der Waals surface area contributed by atoms with Crippen LogP contribution in [0.4, 0.5) is 5.69 Å². The molecule has 4 heteroatoms. The summed E-state index contributed by atoms with van der Waals surface area (Å²) in [5, 5.41) is 3.55. The summed E-state index contributed by atoms with van der Waals surface area (Å²) >= 11 is 3.51. The molecule has 17 heavy (non-hydrogen) atoms. The molecule has 2 rings (SSSR count). The van der Waals surface area contributed by atoms with E-state index in [4.69, 9.17) is 5.73 Å². The standard InChI is InChI=1S/C13H20BrN3/c14-11-9-16-7-6-12(11)17-13(8-15)10-4-2-1-3-5-10/h6-7,9-10,13H,1-5,8,15H2,(H,16,17). The molecule has 0 spiro atoms. The Morgan fingerprint density at radius 1 is 1.41 bits per heavy atom. The van der Waals surface area contributed by atoms with Gasteiger partial charge in [-0.1, -0.05) is 19.3 Å². The number of aromatic nitrogens is 1. The Morgan fingerprint density at radius 2 is 2.18 bits per heavy atom. The monoisotopic (exact) mass is 297 g/mol. The number of hydrogen-bond acceptors (Lipinski definition) is 3. The highest BCUT2D eigenvalue weighted by Crippen LogP contribution is 2.29. The third-order valence-corrected chi connectivity index (χ3v) is 4.22. The Balaban J connectivity index is 2.01. The molecule has 1 aromatic heterocycles. The molecule has 0 amide bonds. The van der Waals surface area contributed by atoms with Crippen molar-refractivity contribution >= 4 is 21.6 Å².